The molecule has 1 aromatic rings. The number of benzene rings is 1. The van der Waals surface area contributed by atoms with Gasteiger partial charge in [-0.2, -0.15) is 0 Å². The van der Waals surface area contributed by atoms with Crippen LogP contribution in [0.4, 0.5) is 0 Å². The van der Waals surface area contributed by atoms with Gasteiger partial charge in [-0.1, -0.05) is 49.2 Å². The predicted molar refractivity (Wildman–Crippen MR) is 78.6 cm³/mol. The molecule has 0 aliphatic carbocycles. The Labute approximate surface area is 120 Å². The van der Waals surface area contributed by atoms with Crippen LogP contribution in [-0.2, 0) is 11.2 Å². The van der Waals surface area contributed by atoms with E-state index in [4.69, 9.17) is 27.9 Å². The van der Waals surface area contributed by atoms with E-state index in [1.165, 1.54) is 0 Å². The largest absolute Gasteiger partial charge is 0.380 e. The summed E-state index contributed by atoms with van der Waals surface area (Å²) in [6.45, 7) is 4.30. The normalized spacial score (nSPS) is 14.8. The molecule has 0 radical (unpaired) electrons. The highest BCUT2D eigenvalue weighted by atomic mass is 35.5. The Bertz CT molecular complexity index is 382. The first-order valence-corrected chi connectivity index (χ1v) is 6.89. The first-order chi connectivity index (χ1) is 8.51. The summed E-state index contributed by atoms with van der Waals surface area (Å²) in [4.78, 5) is 0. The highest BCUT2D eigenvalue weighted by Crippen LogP contribution is 2.27. The van der Waals surface area contributed by atoms with Crippen LogP contribution in [0, 0.1) is 5.92 Å². The number of nitrogens with one attached hydrogen (secondary N) is 1. The Hall–Kier alpha value is -0.280. The summed E-state index contributed by atoms with van der Waals surface area (Å²) in [5.41, 5.74) is 1.05. The molecule has 0 aromatic heterocycles. The van der Waals surface area contributed by atoms with Crippen molar-refractivity contribution in [3.05, 3.63) is 33.8 Å². The fourth-order valence-corrected chi connectivity index (χ4v) is 2.62. The minimum atomic E-state index is 0.144. The standard InChI is InChI=1S/C14H21Cl2NO/c1-9(2)14(18-4)12(17-3)8-10-6-5-7-11(15)13(10)16/h5-7,9,12,14,17H,8H2,1-4H3. The third-order valence-corrected chi connectivity index (χ3v) is 4.03. The van der Waals surface area contributed by atoms with Crippen molar-refractivity contribution in [2.45, 2.75) is 32.4 Å². The molecule has 0 fully saturated rings. The Morgan fingerprint density at radius 1 is 1.28 bits per heavy atom. The van der Waals surface area contributed by atoms with Crippen molar-refractivity contribution in [2.24, 2.45) is 5.92 Å². The summed E-state index contributed by atoms with van der Waals surface area (Å²) < 4.78 is 5.57. The molecule has 0 saturated heterocycles. The van der Waals surface area contributed by atoms with Crippen LogP contribution in [0.5, 0.6) is 0 Å². The lowest BCUT2D eigenvalue weighted by Crippen LogP contribution is -2.43. The van der Waals surface area contributed by atoms with Crippen molar-refractivity contribution < 1.29 is 4.74 Å². The van der Waals surface area contributed by atoms with E-state index in [0.29, 0.717) is 16.0 Å². The summed E-state index contributed by atoms with van der Waals surface area (Å²) in [6, 6.07) is 5.95. The minimum Gasteiger partial charge on any atom is -0.380 e. The molecule has 0 heterocycles. The molecule has 0 spiro atoms. The summed E-state index contributed by atoms with van der Waals surface area (Å²) in [5.74, 6) is 0.436. The molecule has 0 aliphatic rings. The highest BCUT2D eigenvalue weighted by molar-refractivity contribution is 6.42. The maximum Gasteiger partial charge on any atom is 0.0750 e. The zero-order valence-corrected chi connectivity index (χ0v) is 12.8. The highest BCUT2D eigenvalue weighted by Gasteiger charge is 2.24. The van der Waals surface area contributed by atoms with Crippen LogP contribution in [-0.4, -0.2) is 26.3 Å². The Morgan fingerprint density at radius 3 is 2.44 bits per heavy atom. The van der Waals surface area contributed by atoms with Crippen LogP contribution in [0.2, 0.25) is 10.0 Å². The van der Waals surface area contributed by atoms with Crippen molar-refractivity contribution in [3.63, 3.8) is 0 Å². The van der Waals surface area contributed by atoms with E-state index < -0.39 is 0 Å². The molecule has 2 unspecified atom stereocenters. The van der Waals surface area contributed by atoms with Crippen molar-refractivity contribution in [3.8, 4) is 0 Å². The van der Waals surface area contributed by atoms with E-state index in [-0.39, 0.29) is 12.1 Å². The molecule has 0 saturated carbocycles. The monoisotopic (exact) mass is 289 g/mol. The van der Waals surface area contributed by atoms with Crippen molar-refractivity contribution in [1.82, 2.24) is 5.32 Å². The second-order valence-electron chi connectivity index (χ2n) is 4.76. The van der Waals surface area contributed by atoms with Gasteiger partial charge in [-0.25, -0.2) is 0 Å². The molecular weight excluding hydrogens is 269 g/mol. The molecule has 2 nitrogen and oxygen atoms in total. The molecule has 18 heavy (non-hydrogen) atoms. The molecule has 0 aliphatic heterocycles. The minimum absolute atomic E-state index is 0.144. The van der Waals surface area contributed by atoms with Crippen LogP contribution >= 0.6 is 23.2 Å². The van der Waals surface area contributed by atoms with Gasteiger partial charge in [0.2, 0.25) is 0 Å². The third kappa shape index (κ3) is 3.86. The molecular formula is C14H21Cl2NO. The Morgan fingerprint density at radius 2 is 1.94 bits per heavy atom. The molecule has 0 bridgehead atoms. The van der Waals surface area contributed by atoms with Crippen LogP contribution in [0.15, 0.2) is 18.2 Å². The quantitative estimate of drug-likeness (QED) is 0.860. The Balaban J connectivity index is 2.88. The number of halogens is 2. The average Bonchev–Trinajstić information content (AvgIpc) is 2.33. The number of likely N-dealkylation sites (N-methyl/N-ethyl adjacent to an activating group) is 1. The second kappa shape index (κ2) is 7.34. The van der Waals surface area contributed by atoms with Gasteiger partial charge in [-0.05, 0) is 31.0 Å². The van der Waals surface area contributed by atoms with Crippen LogP contribution < -0.4 is 5.32 Å². The van der Waals surface area contributed by atoms with Crippen LogP contribution in [0.1, 0.15) is 19.4 Å². The van der Waals surface area contributed by atoms with Gasteiger partial charge in [0.1, 0.15) is 0 Å². The van der Waals surface area contributed by atoms with Gasteiger partial charge < -0.3 is 10.1 Å². The average molecular weight is 290 g/mol. The smallest absolute Gasteiger partial charge is 0.0750 e. The van der Waals surface area contributed by atoms with Gasteiger partial charge >= 0.3 is 0 Å². The van der Waals surface area contributed by atoms with E-state index in [1.807, 2.05) is 19.2 Å². The zero-order chi connectivity index (χ0) is 13.7. The lowest BCUT2D eigenvalue weighted by atomic mass is 9.94. The fraction of sp³-hybridized carbons (Fsp3) is 0.571. The van der Waals surface area contributed by atoms with Gasteiger partial charge in [0.05, 0.1) is 16.1 Å². The van der Waals surface area contributed by atoms with E-state index in [0.717, 1.165) is 12.0 Å². The summed E-state index contributed by atoms with van der Waals surface area (Å²) in [6.07, 6.45) is 0.942. The van der Waals surface area contributed by atoms with E-state index in [2.05, 4.69) is 19.2 Å². The van der Waals surface area contributed by atoms with Gasteiger partial charge in [0, 0.05) is 13.2 Å². The molecule has 0 amide bonds. The number of rotatable bonds is 6. The maximum absolute atomic E-state index is 6.22. The van der Waals surface area contributed by atoms with Gasteiger partial charge in [0.15, 0.2) is 0 Å². The number of ether oxygens (including phenoxy) is 1. The number of methoxy groups -OCH3 is 1. The number of hydrogen-bond donors (Lipinski definition) is 1. The van der Waals surface area contributed by atoms with Crippen molar-refractivity contribution in [1.29, 1.82) is 0 Å². The van der Waals surface area contributed by atoms with Gasteiger partial charge in [-0.15, -0.1) is 0 Å². The van der Waals surface area contributed by atoms with Gasteiger partial charge in [-0.3, -0.25) is 0 Å². The molecule has 1 rings (SSSR count). The van der Waals surface area contributed by atoms with Gasteiger partial charge in [0.25, 0.3) is 0 Å². The predicted octanol–water partition coefficient (Wildman–Crippen LogP) is 3.79. The molecule has 1 N–H and O–H groups in total. The van der Waals surface area contributed by atoms with Crippen molar-refractivity contribution >= 4 is 23.2 Å². The zero-order valence-electron chi connectivity index (χ0n) is 11.3. The summed E-state index contributed by atoms with van der Waals surface area (Å²) in [7, 11) is 3.69. The van der Waals surface area contributed by atoms with Crippen LogP contribution in [0.3, 0.4) is 0 Å². The first kappa shape index (κ1) is 15.8. The Kier molecular flexibility index (Phi) is 6.44. The first-order valence-electron chi connectivity index (χ1n) is 6.14. The maximum atomic E-state index is 6.22. The SMILES string of the molecule is CNC(Cc1cccc(Cl)c1Cl)C(OC)C(C)C. The summed E-state index contributed by atoms with van der Waals surface area (Å²) >= 11 is 12.3. The molecule has 1 aromatic carbocycles. The number of hydrogen-bond acceptors (Lipinski definition) is 2. The lowest BCUT2D eigenvalue weighted by molar-refractivity contribution is 0.0354. The lowest BCUT2D eigenvalue weighted by Gasteiger charge is -2.29. The molecule has 102 valence electrons. The fourth-order valence-electron chi connectivity index (χ4n) is 2.23. The molecule has 2 atom stereocenters. The van der Waals surface area contributed by atoms with E-state index in [9.17, 15) is 0 Å². The van der Waals surface area contributed by atoms with Crippen LogP contribution in [0.25, 0.3) is 0 Å². The third-order valence-electron chi connectivity index (χ3n) is 3.17. The van der Waals surface area contributed by atoms with E-state index >= 15 is 0 Å². The summed E-state index contributed by atoms with van der Waals surface area (Å²) in [5, 5.41) is 4.54. The van der Waals surface area contributed by atoms with Crippen molar-refractivity contribution in [2.75, 3.05) is 14.2 Å². The second-order valence-corrected chi connectivity index (χ2v) is 5.54. The molecule has 4 heteroatoms. The topological polar surface area (TPSA) is 21.3 Å². The van der Waals surface area contributed by atoms with E-state index in [1.54, 1.807) is 13.2 Å².